The number of aromatic nitrogens is 1. The van der Waals surface area contributed by atoms with Crippen molar-refractivity contribution >= 4 is 28.3 Å². The maximum Gasteiger partial charge on any atom is 0.408 e. The van der Waals surface area contributed by atoms with Gasteiger partial charge < -0.3 is 15.4 Å². The Balaban J connectivity index is 1.65. The van der Waals surface area contributed by atoms with Gasteiger partial charge in [-0.1, -0.05) is 49.4 Å². The molecule has 0 unspecified atom stereocenters. The van der Waals surface area contributed by atoms with E-state index in [1.165, 1.54) is 6.92 Å². The second-order valence-corrected chi connectivity index (χ2v) is 10.6. The zero-order valence-corrected chi connectivity index (χ0v) is 24.8. The summed E-state index contributed by atoms with van der Waals surface area (Å²) in [7, 11) is 1.11. The number of pyridine rings is 1. The zero-order valence-electron chi connectivity index (χ0n) is 24.8. The SMILES string of the molecule is CC[C@@H](Nc1cc(F)c(C(=O)N[C@@H](Cc2ccc(-c3nc(C)c(C)cc3C)c3ccccc23)C(=O)OC)c(F)c1)C(F)(F)F. The molecule has 0 spiro atoms. The molecule has 1 heterocycles. The van der Waals surface area contributed by atoms with Gasteiger partial charge in [0.15, 0.2) is 0 Å². The van der Waals surface area contributed by atoms with Crippen molar-refractivity contribution in [3.05, 3.63) is 94.2 Å². The van der Waals surface area contributed by atoms with Crippen molar-refractivity contribution in [2.24, 2.45) is 0 Å². The Kier molecular flexibility index (Phi) is 9.56. The van der Waals surface area contributed by atoms with Gasteiger partial charge in [0, 0.05) is 23.4 Å². The van der Waals surface area contributed by atoms with Crippen molar-refractivity contribution in [1.29, 1.82) is 0 Å². The summed E-state index contributed by atoms with van der Waals surface area (Å²) in [5, 5.41) is 6.01. The van der Waals surface area contributed by atoms with E-state index in [1.54, 1.807) is 6.07 Å². The van der Waals surface area contributed by atoms with E-state index in [4.69, 9.17) is 9.72 Å². The molecule has 0 aliphatic rings. The Morgan fingerprint density at radius 1 is 0.932 bits per heavy atom. The standard InChI is InChI=1S/C33H32F5N3O3/c1-6-28(33(36,37)38)40-21-15-25(34)29(26(35)16-21)31(42)41-27(32(43)44-5)14-20-11-12-24(23-10-8-7-9-22(20)23)30-18(3)13-17(2)19(4)39-30/h7-13,15-16,27-28,40H,6,14H2,1-5H3,(H,41,42)/t27-,28+/m0/s1. The number of amides is 1. The first-order chi connectivity index (χ1) is 20.7. The highest BCUT2D eigenvalue weighted by atomic mass is 19.4. The summed E-state index contributed by atoms with van der Waals surface area (Å²) >= 11 is 0. The van der Waals surface area contributed by atoms with Crippen LogP contribution in [0, 0.1) is 32.4 Å². The van der Waals surface area contributed by atoms with Crippen LogP contribution in [0.3, 0.4) is 0 Å². The Morgan fingerprint density at radius 2 is 1.57 bits per heavy atom. The van der Waals surface area contributed by atoms with Crippen LogP contribution in [0.25, 0.3) is 22.0 Å². The lowest BCUT2D eigenvalue weighted by Gasteiger charge is -2.22. The van der Waals surface area contributed by atoms with Gasteiger partial charge in [-0.05, 0) is 66.8 Å². The van der Waals surface area contributed by atoms with Gasteiger partial charge in [-0.15, -0.1) is 0 Å². The van der Waals surface area contributed by atoms with E-state index in [0.29, 0.717) is 17.7 Å². The van der Waals surface area contributed by atoms with E-state index < -0.39 is 53.0 Å². The van der Waals surface area contributed by atoms with Gasteiger partial charge in [-0.2, -0.15) is 13.2 Å². The highest BCUT2D eigenvalue weighted by Crippen LogP contribution is 2.33. The number of anilines is 1. The summed E-state index contributed by atoms with van der Waals surface area (Å²) in [6.07, 6.45) is -5.11. The van der Waals surface area contributed by atoms with Crippen molar-refractivity contribution in [3.8, 4) is 11.3 Å². The number of benzene rings is 3. The number of esters is 1. The maximum absolute atomic E-state index is 14.9. The Hall–Kier alpha value is -4.54. The van der Waals surface area contributed by atoms with Gasteiger partial charge in [0.2, 0.25) is 0 Å². The third-order valence-corrected chi connectivity index (χ3v) is 7.55. The number of halogens is 5. The molecule has 0 saturated heterocycles. The minimum absolute atomic E-state index is 0.0782. The molecule has 44 heavy (non-hydrogen) atoms. The Labute approximate surface area is 251 Å². The molecular formula is C33H32F5N3O3. The van der Waals surface area contributed by atoms with Gasteiger partial charge >= 0.3 is 12.1 Å². The van der Waals surface area contributed by atoms with E-state index in [-0.39, 0.29) is 12.8 Å². The van der Waals surface area contributed by atoms with Crippen molar-refractivity contribution < 1.29 is 36.3 Å². The first-order valence-electron chi connectivity index (χ1n) is 13.9. The molecule has 0 saturated carbocycles. The number of ether oxygens (including phenoxy) is 1. The lowest BCUT2D eigenvalue weighted by Crippen LogP contribution is -2.43. The highest BCUT2D eigenvalue weighted by molar-refractivity contribution is 6.00. The number of rotatable bonds is 9. The lowest BCUT2D eigenvalue weighted by molar-refractivity contribution is -0.143. The van der Waals surface area contributed by atoms with E-state index in [9.17, 15) is 31.5 Å². The smallest absolute Gasteiger partial charge is 0.408 e. The monoisotopic (exact) mass is 613 g/mol. The van der Waals surface area contributed by atoms with Crippen LogP contribution in [0.1, 0.15) is 46.1 Å². The fourth-order valence-electron chi connectivity index (χ4n) is 5.14. The molecule has 0 aliphatic carbocycles. The summed E-state index contributed by atoms with van der Waals surface area (Å²) in [6, 6.07) is 11.0. The fraction of sp³-hybridized carbons (Fsp3) is 0.303. The minimum atomic E-state index is -4.65. The number of carbonyl (C=O) groups excluding carboxylic acids is 2. The molecule has 1 amide bonds. The maximum atomic E-state index is 14.9. The second-order valence-electron chi connectivity index (χ2n) is 10.6. The van der Waals surface area contributed by atoms with E-state index in [0.717, 1.165) is 46.0 Å². The van der Waals surface area contributed by atoms with Crippen LogP contribution in [-0.2, 0) is 16.0 Å². The number of fused-ring (bicyclic) bond motifs is 1. The molecule has 6 nitrogen and oxygen atoms in total. The first kappa shape index (κ1) is 32.4. The number of nitrogens with zero attached hydrogens (tertiary/aromatic N) is 1. The summed E-state index contributed by atoms with van der Waals surface area (Å²) in [5.74, 6) is -4.90. The molecule has 1 aromatic heterocycles. The number of hydrogen-bond donors (Lipinski definition) is 2. The van der Waals surface area contributed by atoms with Gasteiger partial charge in [-0.25, -0.2) is 13.6 Å². The zero-order chi connectivity index (χ0) is 32.3. The number of carbonyl (C=O) groups is 2. The van der Waals surface area contributed by atoms with Gasteiger partial charge in [-0.3, -0.25) is 9.78 Å². The fourth-order valence-corrected chi connectivity index (χ4v) is 5.14. The highest BCUT2D eigenvalue weighted by Gasteiger charge is 2.38. The quantitative estimate of drug-likeness (QED) is 0.152. The second kappa shape index (κ2) is 13.0. The van der Waals surface area contributed by atoms with Crippen molar-refractivity contribution in [2.75, 3.05) is 12.4 Å². The molecule has 4 rings (SSSR count). The number of alkyl halides is 3. The van der Waals surface area contributed by atoms with E-state index in [1.807, 2.05) is 56.4 Å². The Morgan fingerprint density at radius 3 is 2.16 bits per heavy atom. The van der Waals surface area contributed by atoms with E-state index in [2.05, 4.69) is 11.4 Å². The van der Waals surface area contributed by atoms with Crippen molar-refractivity contribution in [1.82, 2.24) is 10.3 Å². The van der Waals surface area contributed by atoms with E-state index >= 15 is 0 Å². The molecule has 2 N–H and O–H groups in total. The van der Waals surface area contributed by atoms with Crippen LogP contribution in [0.15, 0.2) is 54.6 Å². The lowest BCUT2D eigenvalue weighted by atomic mass is 9.92. The first-order valence-corrected chi connectivity index (χ1v) is 13.9. The molecular weight excluding hydrogens is 581 g/mol. The molecule has 2 atom stereocenters. The summed E-state index contributed by atoms with van der Waals surface area (Å²) in [6.45, 7) is 7.16. The number of hydrogen-bond acceptors (Lipinski definition) is 5. The normalized spacial score (nSPS) is 13.0. The minimum Gasteiger partial charge on any atom is -0.467 e. The van der Waals surface area contributed by atoms with Crippen LogP contribution < -0.4 is 10.6 Å². The molecule has 0 fully saturated rings. The Bertz CT molecular complexity index is 1700. The summed E-state index contributed by atoms with van der Waals surface area (Å²) < 4.78 is 74.1. The average molecular weight is 614 g/mol. The van der Waals surface area contributed by atoms with Gasteiger partial charge in [0.25, 0.3) is 5.91 Å². The van der Waals surface area contributed by atoms with Crippen LogP contribution in [-0.4, -0.2) is 42.2 Å². The molecule has 3 aromatic carbocycles. The van der Waals surface area contributed by atoms with Crippen LogP contribution in [0.5, 0.6) is 0 Å². The largest absolute Gasteiger partial charge is 0.467 e. The number of aryl methyl sites for hydroxylation is 3. The van der Waals surface area contributed by atoms with Crippen molar-refractivity contribution in [2.45, 2.75) is 58.8 Å². The average Bonchev–Trinajstić information content (AvgIpc) is 2.96. The van der Waals surface area contributed by atoms with Gasteiger partial charge in [0.05, 0.1) is 12.8 Å². The number of nitrogens with one attached hydrogen (secondary N) is 2. The van der Waals surface area contributed by atoms with Crippen LogP contribution >= 0.6 is 0 Å². The summed E-state index contributed by atoms with van der Waals surface area (Å²) in [4.78, 5) is 30.6. The van der Waals surface area contributed by atoms with Crippen LogP contribution in [0.4, 0.5) is 27.6 Å². The predicted octanol–water partition coefficient (Wildman–Crippen LogP) is 7.37. The number of methoxy groups -OCH3 is 1. The third-order valence-electron chi connectivity index (χ3n) is 7.55. The van der Waals surface area contributed by atoms with Crippen molar-refractivity contribution in [3.63, 3.8) is 0 Å². The predicted molar refractivity (Wildman–Crippen MR) is 158 cm³/mol. The molecule has 0 radical (unpaired) electrons. The molecule has 4 aromatic rings. The molecule has 11 heteroatoms. The third kappa shape index (κ3) is 6.82. The molecule has 0 aliphatic heterocycles. The van der Waals surface area contributed by atoms with Gasteiger partial charge in [0.1, 0.15) is 29.3 Å². The van der Waals surface area contributed by atoms with Crippen LogP contribution in [0.2, 0.25) is 0 Å². The molecule has 0 bridgehead atoms. The molecule has 232 valence electrons. The topological polar surface area (TPSA) is 80.3 Å². The summed E-state index contributed by atoms with van der Waals surface area (Å²) in [5.41, 5.74) is 3.75.